The van der Waals surface area contributed by atoms with Crippen LogP contribution in [0.25, 0.3) is 72.0 Å². The van der Waals surface area contributed by atoms with Crippen LogP contribution in [-0.4, -0.2) is 4.57 Å². The molecule has 9 aromatic carbocycles. The van der Waals surface area contributed by atoms with E-state index < -0.39 is 0 Å². The molecule has 1 heterocycles. The van der Waals surface area contributed by atoms with Crippen LogP contribution >= 0.6 is 0 Å². The summed E-state index contributed by atoms with van der Waals surface area (Å²) in [7, 11) is 0. The van der Waals surface area contributed by atoms with Crippen LogP contribution < -0.4 is 4.90 Å². The van der Waals surface area contributed by atoms with Gasteiger partial charge in [0.25, 0.3) is 0 Å². The number of fused-ring (bicyclic) bond motifs is 3. The topological polar surface area (TPSA) is 8.17 Å². The molecule has 0 saturated heterocycles. The highest BCUT2D eigenvalue weighted by molar-refractivity contribution is 6.16. The predicted molar refractivity (Wildman–Crippen MR) is 237 cm³/mol. The summed E-state index contributed by atoms with van der Waals surface area (Å²) in [5, 5.41) is 2.44. The highest BCUT2D eigenvalue weighted by atomic mass is 15.1. The molecule has 0 unspecified atom stereocenters. The first-order valence-corrected chi connectivity index (χ1v) is 19.2. The van der Waals surface area contributed by atoms with Gasteiger partial charge in [-0.25, -0.2) is 0 Å². The molecule has 0 bridgehead atoms. The van der Waals surface area contributed by atoms with Crippen molar-refractivity contribution in [3.05, 3.63) is 231 Å². The maximum Gasteiger partial charge on any atom is 0.0547 e. The first kappa shape index (κ1) is 33.2. The molecule has 56 heavy (non-hydrogen) atoms. The third-order valence-electron chi connectivity index (χ3n) is 10.8. The number of benzene rings is 9. The molecule has 0 amide bonds. The van der Waals surface area contributed by atoms with Gasteiger partial charge in [0, 0.05) is 33.5 Å². The molecule has 0 aliphatic heterocycles. The van der Waals surface area contributed by atoms with Gasteiger partial charge in [-0.1, -0.05) is 170 Å². The van der Waals surface area contributed by atoms with Crippen molar-refractivity contribution in [1.29, 1.82) is 0 Å². The van der Waals surface area contributed by atoms with Crippen molar-refractivity contribution < 1.29 is 0 Å². The van der Waals surface area contributed by atoms with E-state index in [-0.39, 0.29) is 0 Å². The lowest BCUT2D eigenvalue weighted by atomic mass is 9.96. The lowest BCUT2D eigenvalue weighted by Gasteiger charge is -2.26. The summed E-state index contributed by atoms with van der Waals surface area (Å²) in [5.74, 6) is 0. The number of aromatic nitrogens is 1. The van der Waals surface area contributed by atoms with Crippen LogP contribution in [0.3, 0.4) is 0 Å². The van der Waals surface area contributed by atoms with Gasteiger partial charge >= 0.3 is 0 Å². The third kappa shape index (κ3) is 6.14. The van der Waals surface area contributed by atoms with E-state index in [0.29, 0.717) is 0 Å². The van der Waals surface area contributed by atoms with E-state index in [1.807, 2.05) is 0 Å². The number of para-hydroxylation sites is 1. The number of nitrogens with zero attached hydrogens (tertiary/aromatic N) is 2. The molecule has 0 aliphatic rings. The van der Waals surface area contributed by atoms with Crippen LogP contribution in [0.2, 0.25) is 0 Å². The normalized spacial score (nSPS) is 11.2. The van der Waals surface area contributed by atoms with Gasteiger partial charge in [0.2, 0.25) is 0 Å². The van der Waals surface area contributed by atoms with Gasteiger partial charge in [-0.2, -0.15) is 0 Å². The second-order valence-corrected chi connectivity index (χ2v) is 14.2. The van der Waals surface area contributed by atoms with Gasteiger partial charge in [0.1, 0.15) is 0 Å². The molecule has 264 valence electrons. The number of anilines is 3. The van der Waals surface area contributed by atoms with Crippen molar-refractivity contribution in [2.45, 2.75) is 0 Å². The minimum Gasteiger partial charge on any atom is -0.310 e. The Morgan fingerprint density at radius 1 is 0.286 bits per heavy atom. The molecule has 1 aromatic heterocycles. The second kappa shape index (κ2) is 14.4. The summed E-state index contributed by atoms with van der Waals surface area (Å²) < 4.78 is 2.41. The molecule has 0 fully saturated rings. The molecule has 0 saturated carbocycles. The van der Waals surface area contributed by atoms with E-state index in [1.54, 1.807) is 0 Å². The third-order valence-corrected chi connectivity index (χ3v) is 10.8. The van der Waals surface area contributed by atoms with Crippen LogP contribution in [0.1, 0.15) is 0 Å². The Kier molecular flexibility index (Phi) is 8.55. The van der Waals surface area contributed by atoms with E-state index >= 15 is 0 Å². The summed E-state index contributed by atoms with van der Waals surface area (Å²) >= 11 is 0. The van der Waals surface area contributed by atoms with Crippen LogP contribution in [-0.2, 0) is 0 Å². The maximum atomic E-state index is 2.41. The first-order valence-electron chi connectivity index (χ1n) is 19.2. The molecule has 0 spiro atoms. The first-order chi connectivity index (χ1) is 27.8. The monoisotopic (exact) mass is 714 g/mol. The standard InChI is InChI=1S/C54H38N2/c1-5-14-39(15-6-1)42-24-26-45(27-25-42)50-22-13-23-53-54(50)51-38-49(36-37-52(51)56(53)46-20-11-4-12-21-46)55(47-32-28-43(29-33-47)40-16-7-2-8-17-40)48-34-30-44(31-35-48)41-18-9-3-10-19-41/h1-38H. The lowest BCUT2D eigenvalue weighted by Crippen LogP contribution is -2.10. The Morgan fingerprint density at radius 3 is 1.20 bits per heavy atom. The Morgan fingerprint density at radius 2 is 0.696 bits per heavy atom. The van der Waals surface area contributed by atoms with Crippen molar-refractivity contribution in [3.63, 3.8) is 0 Å². The SMILES string of the molecule is c1ccc(-c2ccc(-c3cccc4c3c3cc(N(c5ccc(-c6ccccc6)cc5)c5ccc(-c6ccccc6)cc5)ccc3n4-c3ccccc3)cc2)cc1. The van der Waals surface area contributed by atoms with E-state index in [0.717, 1.165) is 22.7 Å². The molecule has 2 heteroatoms. The van der Waals surface area contributed by atoms with Crippen LogP contribution in [0.15, 0.2) is 231 Å². The minimum absolute atomic E-state index is 1.10. The van der Waals surface area contributed by atoms with Gasteiger partial charge in [-0.05, 0) is 105 Å². The highest BCUT2D eigenvalue weighted by Gasteiger charge is 2.20. The highest BCUT2D eigenvalue weighted by Crippen LogP contribution is 2.43. The molecule has 2 nitrogen and oxygen atoms in total. The van der Waals surface area contributed by atoms with Gasteiger partial charge in [0.05, 0.1) is 11.0 Å². The Balaban J connectivity index is 1.16. The molecular formula is C54H38N2. The van der Waals surface area contributed by atoms with E-state index in [4.69, 9.17) is 0 Å². The smallest absolute Gasteiger partial charge is 0.0547 e. The Bertz CT molecular complexity index is 2810. The van der Waals surface area contributed by atoms with E-state index in [9.17, 15) is 0 Å². The predicted octanol–water partition coefficient (Wildman–Crippen LogP) is 14.9. The van der Waals surface area contributed by atoms with E-state index in [2.05, 4.69) is 240 Å². The van der Waals surface area contributed by atoms with Crippen LogP contribution in [0.5, 0.6) is 0 Å². The molecule has 0 atom stereocenters. The van der Waals surface area contributed by atoms with Crippen LogP contribution in [0, 0.1) is 0 Å². The summed E-state index contributed by atoms with van der Waals surface area (Å²) in [5.41, 5.74) is 16.4. The van der Waals surface area contributed by atoms with Gasteiger partial charge in [-0.15, -0.1) is 0 Å². The average molecular weight is 715 g/mol. The molecular weight excluding hydrogens is 677 g/mol. The Hall–Kier alpha value is -7.42. The fourth-order valence-electron chi connectivity index (χ4n) is 8.08. The number of hydrogen-bond donors (Lipinski definition) is 0. The largest absolute Gasteiger partial charge is 0.310 e. The molecule has 0 N–H and O–H groups in total. The van der Waals surface area contributed by atoms with Crippen molar-refractivity contribution >= 4 is 38.9 Å². The zero-order valence-corrected chi connectivity index (χ0v) is 30.8. The maximum absolute atomic E-state index is 2.41. The van der Waals surface area contributed by atoms with Crippen molar-refractivity contribution in [3.8, 4) is 50.2 Å². The Labute approximate surface area is 327 Å². The van der Waals surface area contributed by atoms with Gasteiger partial charge < -0.3 is 9.47 Å². The van der Waals surface area contributed by atoms with Gasteiger partial charge in [-0.3, -0.25) is 0 Å². The van der Waals surface area contributed by atoms with Gasteiger partial charge in [0.15, 0.2) is 0 Å². The number of rotatable bonds is 8. The zero-order chi connectivity index (χ0) is 37.3. The quantitative estimate of drug-likeness (QED) is 0.152. The fourth-order valence-corrected chi connectivity index (χ4v) is 8.08. The van der Waals surface area contributed by atoms with Crippen molar-refractivity contribution in [1.82, 2.24) is 4.57 Å². The average Bonchev–Trinajstić information content (AvgIpc) is 3.62. The molecule has 0 aliphatic carbocycles. The summed E-state index contributed by atoms with van der Waals surface area (Å²) in [6, 6.07) is 83.0. The summed E-state index contributed by atoms with van der Waals surface area (Å²) in [4.78, 5) is 2.38. The zero-order valence-electron chi connectivity index (χ0n) is 30.8. The molecule has 10 aromatic rings. The number of hydrogen-bond acceptors (Lipinski definition) is 1. The fraction of sp³-hybridized carbons (Fsp3) is 0. The van der Waals surface area contributed by atoms with Crippen molar-refractivity contribution in [2.24, 2.45) is 0 Å². The van der Waals surface area contributed by atoms with Crippen molar-refractivity contribution in [2.75, 3.05) is 4.90 Å². The van der Waals surface area contributed by atoms with E-state index in [1.165, 1.54) is 66.3 Å². The summed E-state index contributed by atoms with van der Waals surface area (Å²) in [6.07, 6.45) is 0. The molecule has 10 rings (SSSR count). The minimum atomic E-state index is 1.10. The summed E-state index contributed by atoms with van der Waals surface area (Å²) in [6.45, 7) is 0. The molecule has 0 radical (unpaired) electrons. The second-order valence-electron chi connectivity index (χ2n) is 14.2. The lowest BCUT2D eigenvalue weighted by molar-refractivity contribution is 1.18. The van der Waals surface area contributed by atoms with Crippen LogP contribution in [0.4, 0.5) is 17.1 Å².